The van der Waals surface area contributed by atoms with E-state index >= 15 is 0 Å². The van der Waals surface area contributed by atoms with Gasteiger partial charge in [-0.05, 0) is 66.7 Å². The largest absolute Gasteiger partial charge is 0.330 e. The molecular formula is C13H29N3. The molecule has 0 heterocycles. The lowest BCUT2D eigenvalue weighted by Crippen LogP contribution is -2.57. The topological polar surface area (TPSA) is 32.5 Å². The van der Waals surface area contributed by atoms with Gasteiger partial charge in [-0.1, -0.05) is 0 Å². The lowest BCUT2D eigenvalue weighted by molar-refractivity contribution is 0.0171. The number of nitrogens with zero attached hydrogens (tertiary/aromatic N) is 2. The van der Waals surface area contributed by atoms with E-state index in [1.165, 1.54) is 32.2 Å². The molecule has 1 atom stereocenters. The molecular weight excluding hydrogens is 198 g/mol. The quantitative estimate of drug-likeness (QED) is 0.716. The van der Waals surface area contributed by atoms with Gasteiger partial charge in [0.25, 0.3) is 0 Å². The summed E-state index contributed by atoms with van der Waals surface area (Å²) in [5.74, 6) is 0. The third-order valence-corrected chi connectivity index (χ3v) is 4.36. The van der Waals surface area contributed by atoms with Crippen LogP contribution >= 0.6 is 0 Å². The average Bonchev–Trinajstić information content (AvgIpc) is 2.18. The molecule has 0 aliphatic heterocycles. The molecule has 0 aromatic carbocycles. The molecule has 0 amide bonds. The van der Waals surface area contributed by atoms with Crippen LogP contribution in [0.2, 0.25) is 0 Å². The van der Waals surface area contributed by atoms with Gasteiger partial charge in [-0.15, -0.1) is 0 Å². The second kappa shape index (κ2) is 5.99. The number of rotatable bonds is 7. The van der Waals surface area contributed by atoms with Crippen molar-refractivity contribution in [3.63, 3.8) is 0 Å². The summed E-state index contributed by atoms with van der Waals surface area (Å²) < 4.78 is 0. The van der Waals surface area contributed by atoms with Crippen LogP contribution in [0.15, 0.2) is 0 Å². The highest BCUT2D eigenvalue weighted by atomic mass is 15.2. The van der Waals surface area contributed by atoms with Crippen molar-refractivity contribution in [1.29, 1.82) is 0 Å². The molecule has 0 aromatic rings. The van der Waals surface area contributed by atoms with Gasteiger partial charge in [-0.2, -0.15) is 0 Å². The Labute approximate surface area is 101 Å². The minimum absolute atomic E-state index is 0.450. The molecule has 1 fully saturated rings. The van der Waals surface area contributed by atoms with E-state index in [0.29, 0.717) is 11.6 Å². The van der Waals surface area contributed by atoms with E-state index in [2.05, 4.69) is 37.9 Å². The van der Waals surface area contributed by atoms with Gasteiger partial charge in [0, 0.05) is 18.1 Å². The fraction of sp³-hybridized carbons (Fsp3) is 1.00. The summed E-state index contributed by atoms with van der Waals surface area (Å²) in [6.45, 7) is 4.33. The van der Waals surface area contributed by atoms with Gasteiger partial charge in [0.2, 0.25) is 0 Å². The van der Waals surface area contributed by atoms with Crippen LogP contribution in [0.1, 0.15) is 39.0 Å². The van der Waals surface area contributed by atoms with E-state index in [1.807, 2.05) is 0 Å². The molecule has 1 rings (SSSR count). The molecule has 0 aromatic heterocycles. The molecule has 1 aliphatic carbocycles. The number of likely N-dealkylation sites (N-methyl/N-ethyl adjacent to an activating group) is 2. The molecule has 0 spiro atoms. The lowest BCUT2D eigenvalue weighted by atomic mass is 9.75. The molecule has 2 N–H and O–H groups in total. The first-order chi connectivity index (χ1) is 7.52. The summed E-state index contributed by atoms with van der Waals surface area (Å²) in [4.78, 5) is 4.93. The third-order valence-electron chi connectivity index (χ3n) is 4.36. The van der Waals surface area contributed by atoms with Crippen molar-refractivity contribution in [1.82, 2.24) is 9.80 Å². The summed E-state index contributed by atoms with van der Waals surface area (Å²) in [6, 6.07) is 0.654. The predicted molar refractivity (Wildman–Crippen MR) is 70.6 cm³/mol. The first kappa shape index (κ1) is 13.9. The maximum absolute atomic E-state index is 5.56. The van der Waals surface area contributed by atoms with E-state index in [1.54, 1.807) is 0 Å². The van der Waals surface area contributed by atoms with Crippen LogP contribution in [0.5, 0.6) is 0 Å². The Kier molecular flexibility index (Phi) is 5.22. The Bertz CT molecular complexity index is 199. The Hall–Kier alpha value is -0.120. The van der Waals surface area contributed by atoms with E-state index in [0.717, 1.165) is 13.0 Å². The molecule has 0 bridgehead atoms. The Morgan fingerprint density at radius 3 is 2.25 bits per heavy atom. The van der Waals surface area contributed by atoms with Crippen LogP contribution in [0.25, 0.3) is 0 Å². The van der Waals surface area contributed by atoms with Crippen LogP contribution < -0.4 is 5.73 Å². The summed E-state index contributed by atoms with van der Waals surface area (Å²) in [5.41, 5.74) is 6.01. The predicted octanol–water partition coefficient (Wildman–Crippen LogP) is 1.53. The monoisotopic (exact) mass is 227 g/mol. The molecule has 0 saturated heterocycles. The van der Waals surface area contributed by atoms with Gasteiger partial charge >= 0.3 is 0 Å². The molecule has 1 unspecified atom stereocenters. The smallest absolute Gasteiger partial charge is 0.0330 e. The van der Waals surface area contributed by atoms with Gasteiger partial charge in [0.05, 0.1) is 0 Å². The molecule has 16 heavy (non-hydrogen) atoms. The number of hydrogen-bond donors (Lipinski definition) is 1. The Morgan fingerprint density at radius 2 is 1.88 bits per heavy atom. The molecule has 1 saturated carbocycles. The van der Waals surface area contributed by atoms with Gasteiger partial charge in [-0.3, -0.25) is 0 Å². The van der Waals surface area contributed by atoms with Crippen molar-refractivity contribution >= 4 is 0 Å². The normalized spacial score (nSPS) is 21.2. The average molecular weight is 227 g/mol. The zero-order valence-corrected chi connectivity index (χ0v) is 11.5. The van der Waals surface area contributed by atoms with Crippen molar-refractivity contribution < 1.29 is 0 Å². The maximum Gasteiger partial charge on any atom is 0.0330 e. The number of nitrogens with two attached hydrogens (primary N) is 1. The first-order valence-electron chi connectivity index (χ1n) is 6.59. The maximum atomic E-state index is 5.56. The standard InChI is InChI=1S/C13H29N3/c1-12(7-5-10-14)16(4)11-13(15(2)3)8-6-9-13/h12H,5-11,14H2,1-4H3. The summed E-state index contributed by atoms with van der Waals surface area (Å²) in [5, 5.41) is 0. The zero-order chi connectivity index (χ0) is 12.2. The van der Waals surface area contributed by atoms with Crippen LogP contribution in [0.3, 0.4) is 0 Å². The van der Waals surface area contributed by atoms with Crippen molar-refractivity contribution in [2.45, 2.75) is 50.6 Å². The number of hydrogen-bond acceptors (Lipinski definition) is 3. The van der Waals surface area contributed by atoms with E-state index in [-0.39, 0.29) is 0 Å². The Balaban J connectivity index is 2.39. The van der Waals surface area contributed by atoms with Crippen molar-refractivity contribution in [2.24, 2.45) is 5.73 Å². The lowest BCUT2D eigenvalue weighted by Gasteiger charge is -2.50. The van der Waals surface area contributed by atoms with Crippen LogP contribution in [-0.4, -0.2) is 55.6 Å². The minimum atomic E-state index is 0.450. The van der Waals surface area contributed by atoms with E-state index in [4.69, 9.17) is 5.73 Å². The highest BCUT2D eigenvalue weighted by Gasteiger charge is 2.40. The minimum Gasteiger partial charge on any atom is -0.330 e. The van der Waals surface area contributed by atoms with Gasteiger partial charge in [-0.25, -0.2) is 0 Å². The summed E-state index contributed by atoms with van der Waals surface area (Å²) >= 11 is 0. The fourth-order valence-electron chi connectivity index (χ4n) is 2.59. The highest BCUT2D eigenvalue weighted by Crippen LogP contribution is 2.37. The van der Waals surface area contributed by atoms with Crippen LogP contribution in [0.4, 0.5) is 0 Å². The second-order valence-electron chi connectivity index (χ2n) is 5.67. The van der Waals surface area contributed by atoms with Gasteiger partial charge in [0.1, 0.15) is 0 Å². The Morgan fingerprint density at radius 1 is 1.25 bits per heavy atom. The van der Waals surface area contributed by atoms with Crippen molar-refractivity contribution in [2.75, 3.05) is 34.2 Å². The summed E-state index contributed by atoms with van der Waals surface area (Å²) in [6.07, 6.45) is 6.46. The summed E-state index contributed by atoms with van der Waals surface area (Å²) in [7, 11) is 6.69. The van der Waals surface area contributed by atoms with Gasteiger partial charge in [0.15, 0.2) is 0 Å². The molecule has 96 valence electrons. The van der Waals surface area contributed by atoms with Crippen molar-refractivity contribution in [3.8, 4) is 0 Å². The van der Waals surface area contributed by atoms with Crippen molar-refractivity contribution in [3.05, 3.63) is 0 Å². The first-order valence-corrected chi connectivity index (χ1v) is 6.59. The van der Waals surface area contributed by atoms with E-state index in [9.17, 15) is 0 Å². The van der Waals surface area contributed by atoms with E-state index < -0.39 is 0 Å². The fourth-order valence-corrected chi connectivity index (χ4v) is 2.59. The molecule has 3 heteroatoms. The SMILES string of the molecule is CC(CCCN)N(C)CC1(N(C)C)CCC1. The highest BCUT2D eigenvalue weighted by molar-refractivity contribution is 4.98. The second-order valence-corrected chi connectivity index (χ2v) is 5.67. The third kappa shape index (κ3) is 3.19. The molecule has 1 aliphatic rings. The van der Waals surface area contributed by atoms with Crippen LogP contribution in [0, 0.1) is 0 Å². The zero-order valence-electron chi connectivity index (χ0n) is 11.5. The molecule has 3 nitrogen and oxygen atoms in total. The van der Waals surface area contributed by atoms with Gasteiger partial charge < -0.3 is 15.5 Å². The molecule has 0 radical (unpaired) electrons. The van der Waals surface area contributed by atoms with Crippen LogP contribution in [-0.2, 0) is 0 Å².